The SMILES string of the molecule is Cn1cncc1C(O)(COc1ccc(C#N)cc1-c1cccc2ccccc12)c1ccc(C#N)cc1. The molecule has 0 saturated carbocycles. The normalized spacial score (nSPS) is 12.4. The highest BCUT2D eigenvalue weighted by atomic mass is 16.5. The zero-order chi connectivity index (χ0) is 25.1. The number of aryl methyl sites for hydroxylation is 1. The van der Waals surface area contributed by atoms with Crippen molar-refractivity contribution < 1.29 is 9.84 Å². The highest BCUT2D eigenvalue weighted by molar-refractivity contribution is 5.98. The fraction of sp³-hybridized carbons (Fsp3) is 0.100. The van der Waals surface area contributed by atoms with Crippen LogP contribution >= 0.6 is 0 Å². The van der Waals surface area contributed by atoms with Crippen LogP contribution in [0.5, 0.6) is 5.75 Å². The van der Waals surface area contributed by atoms with Gasteiger partial charge in [-0.05, 0) is 52.2 Å². The molecule has 0 amide bonds. The highest BCUT2D eigenvalue weighted by Crippen LogP contribution is 2.38. The van der Waals surface area contributed by atoms with Gasteiger partial charge < -0.3 is 14.4 Å². The Hall–Kier alpha value is -4.91. The van der Waals surface area contributed by atoms with E-state index in [0.717, 1.165) is 21.9 Å². The molecular weight excluding hydrogens is 448 g/mol. The molecule has 0 aliphatic heterocycles. The number of hydrogen-bond donors (Lipinski definition) is 1. The predicted molar refractivity (Wildman–Crippen MR) is 137 cm³/mol. The molecule has 0 fully saturated rings. The van der Waals surface area contributed by atoms with E-state index in [0.29, 0.717) is 28.1 Å². The van der Waals surface area contributed by atoms with Crippen molar-refractivity contribution in [1.82, 2.24) is 9.55 Å². The molecule has 1 aromatic heterocycles. The number of ether oxygens (including phenoxy) is 1. The van der Waals surface area contributed by atoms with Crippen molar-refractivity contribution in [3.05, 3.63) is 120 Å². The molecule has 0 aliphatic carbocycles. The summed E-state index contributed by atoms with van der Waals surface area (Å²) in [5.74, 6) is 0.541. The van der Waals surface area contributed by atoms with Crippen LogP contribution in [0.2, 0.25) is 0 Å². The molecule has 6 heteroatoms. The third-order valence-corrected chi connectivity index (χ3v) is 6.36. The minimum atomic E-state index is -1.54. The molecule has 4 aromatic carbocycles. The predicted octanol–water partition coefficient (Wildman–Crippen LogP) is 5.30. The second-order valence-corrected chi connectivity index (χ2v) is 8.58. The van der Waals surface area contributed by atoms with Crippen LogP contribution < -0.4 is 4.74 Å². The maximum absolute atomic E-state index is 12.0. The van der Waals surface area contributed by atoms with Gasteiger partial charge in [0.15, 0.2) is 5.60 Å². The Morgan fingerprint density at radius 3 is 2.33 bits per heavy atom. The molecule has 1 N–H and O–H groups in total. The first-order chi connectivity index (χ1) is 17.5. The summed E-state index contributed by atoms with van der Waals surface area (Å²) in [4.78, 5) is 4.18. The third-order valence-electron chi connectivity index (χ3n) is 6.36. The van der Waals surface area contributed by atoms with E-state index < -0.39 is 5.60 Å². The van der Waals surface area contributed by atoms with Crippen molar-refractivity contribution in [2.75, 3.05) is 6.61 Å². The average molecular weight is 471 g/mol. The molecule has 0 bridgehead atoms. The highest BCUT2D eigenvalue weighted by Gasteiger charge is 2.36. The van der Waals surface area contributed by atoms with Crippen LogP contribution in [0.15, 0.2) is 97.5 Å². The number of fused-ring (bicyclic) bond motifs is 1. The van der Waals surface area contributed by atoms with Gasteiger partial charge in [0.05, 0.1) is 41.5 Å². The number of imidazole rings is 1. The van der Waals surface area contributed by atoms with Crippen molar-refractivity contribution in [3.63, 3.8) is 0 Å². The molecule has 0 aliphatic rings. The lowest BCUT2D eigenvalue weighted by Crippen LogP contribution is -2.36. The Balaban J connectivity index is 1.59. The van der Waals surface area contributed by atoms with Gasteiger partial charge in [0.1, 0.15) is 12.4 Å². The average Bonchev–Trinajstić information content (AvgIpc) is 3.38. The van der Waals surface area contributed by atoms with Crippen molar-refractivity contribution in [3.8, 4) is 29.0 Å². The molecule has 36 heavy (non-hydrogen) atoms. The number of aliphatic hydroxyl groups is 1. The molecule has 1 atom stereocenters. The molecule has 0 radical (unpaired) electrons. The zero-order valence-electron chi connectivity index (χ0n) is 19.6. The van der Waals surface area contributed by atoms with Gasteiger partial charge in [-0.3, -0.25) is 0 Å². The van der Waals surface area contributed by atoms with Crippen LogP contribution in [-0.4, -0.2) is 21.3 Å². The number of nitriles is 2. The van der Waals surface area contributed by atoms with Crippen molar-refractivity contribution in [2.24, 2.45) is 7.05 Å². The van der Waals surface area contributed by atoms with Crippen LogP contribution in [0, 0.1) is 22.7 Å². The van der Waals surface area contributed by atoms with Crippen LogP contribution in [0.3, 0.4) is 0 Å². The van der Waals surface area contributed by atoms with Gasteiger partial charge in [-0.15, -0.1) is 0 Å². The fourth-order valence-electron chi connectivity index (χ4n) is 4.46. The zero-order valence-corrected chi connectivity index (χ0v) is 19.6. The summed E-state index contributed by atoms with van der Waals surface area (Å²) in [7, 11) is 1.81. The van der Waals surface area contributed by atoms with Crippen molar-refractivity contribution >= 4 is 10.8 Å². The van der Waals surface area contributed by atoms with E-state index >= 15 is 0 Å². The maximum Gasteiger partial charge on any atom is 0.165 e. The van der Waals surface area contributed by atoms with E-state index in [9.17, 15) is 15.6 Å². The molecule has 5 rings (SSSR count). The lowest BCUT2D eigenvalue weighted by molar-refractivity contribution is 0.0218. The van der Waals surface area contributed by atoms with E-state index in [-0.39, 0.29) is 6.61 Å². The Morgan fingerprint density at radius 2 is 1.61 bits per heavy atom. The summed E-state index contributed by atoms with van der Waals surface area (Å²) >= 11 is 0. The molecule has 174 valence electrons. The molecule has 1 heterocycles. The van der Waals surface area contributed by atoms with E-state index in [1.807, 2.05) is 48.5 Å². The summed E-state index contributed by atoms with van der Waals surface area (Å²) in [6, 6.07) is 30.4. The Kier molecular flexibility index (Phi) is 5.96. The molecule has 5 aromatic rings. The smallest absolute Gasteiger partial charge is 0.165 e. The first-order valence-electron chi connectivity index (χ1n) is 11.4. The third kappa shape index (κ3) is 4.07. The minimum absolute atomic E-state index is 0.109. The monoisotopic (exact) mass is 470 g/mol. The van der Waals surface area contributed by atoms with E-state index in [1.54, 1.807) is 60.5 Å². The number of benzene rings is 4. The lowest BCUT2D eigenvalue weighted by Gasteiger charge is -2.29. The van der Waals surface area contributed by atoms with E-state index in [1.165, 1.54) is 0 Å². The first-order valence-corrected chi connectivity index (χ1v) is 11.4. The first kappa shape index (κ1) is 22.9. The number of rotatable bonds is 6. The topological polar surface area (TPSA) is 94.9 Å². The summed E-state index contributed by atoms with van der Waals surface area (Å²) in [5, 5.41) is 32.8. The summed E-state index contributed by atoms with van der Waals surface area (Å²) in [6.45, 7) is -0.109. The second kappa shape index (κ2) is 9.38. The maximum atomic E-state index is 12.0. The molecule has 0 saturated heterocycles. The Morgan fingerprint density at radius 1 is 0.889 bits per heavy atom. The van der Waals surface area contributed by atoms with Crippen LogP contribution in [0.4, 0.5) is 0 Å². The van der Waals surface area contributed by atoms with E-state index in [4.69, 9.17) is 4.74 Å². The molecular formula is C30H22N4O2. The van der Waals surface area contributed by atoms with Gasteiger partial charge in [-0.25, -0.2) is 4.98 Å². The van der Waals surface area contributed by atoms with Crippen LogP contribution in [0.1, 0.15) is 22.4 Å². The Bertz CT molecular complexity index is 1640. The van der Waals surface area contributed by atoms with Gasteiger partial charge in [-0.2, -0.15) is 10.5 Å². The number of aromatic nitrogens is 2. The second-order valence-electron chi connectivity index (χ2n) is 8.58. The summed E-state index contributed by atoms with van der Waals surface area (Å²) < 4.78 is 8.07. The van der Waals surface area contributed by atoms with Crippen molar-refractivity contribution in [2.45, 2.75) is 5.60 Å². The quantitative estimate of drug-likeness (QED) is 0.363. The summed E-state index contributed by atoms with van der Waals surface area (Å²) in [6.07, 6.45) is 3.22. The molecule has 1 unspecified atom stereocenters. The molecule has 0 spiro atoms. The Labute approximate surface area is 208 Å². The van der Waals surface area contributed by atoms with Gasteiger partial charge >= 0.3 is 0 Å². The summed E-state index contributed by atoms with van der Waals surface area (Å²) in [5.41, 5.74) is 2.29. The number of hydrogen-bond acceptors (Lipinski definition) is 5. The van der Waals surface area contributed by atoms with E-state index in [2.05, 4.69) is 17.1 Å². The lowest BCUT2D eigenvalue weighted by atomic mass is 9.90. The largest absolute Gasteiger partial charge is 0.489 e. The minimum Gasteiger partial charge on any atom is -0.489 e. The van der Waals surface area contributed by atoms with Gasteiger partial charge in [0.25, 0.3) is 0 Å². The van der Waals surface area contributed by atoms with Crippen LogP contribution in [0.25, 0.3) is 21.9 Å². The van der Waals surface area contributed by atoms with Crippen molar-refractivity contribution in [1.29, 1.82) is 10.5 Å². The molecule has 6 nitrogen and oxygen atoms in total. The number of nitrogens with zero attached hydrogens (tertiary/aromatic N) is 4. The van der Waals surface area contributed by atoms with Gasteiger partial charge in [0, 0.05) is 12.6 Å². The standard InChI is InChI=1S/C30H22N4O2/c1-34-20-33-18-29(34)30(35,24-12-9-21(16-31)10-13-24)19-36-28-14-11-22(17-32)15-27(28)26-8-4-6-23-5-2-3-7-25(23)26/h2-15,18,20,35H,19H2,1H3. The fourth-order valence-corrected chi connectivity index (χ4v) is 4.46. The van der Waals surface area contributed by atoms with Gasteiger partial charge in [-0.1, -0.05) is 54.6 Å². The van der Waals surface area contributed by atoms with Gasteiger partial charge in [0.2, 0.25) is 0 Å². The van der Waals surface area contributed by atoms with Crippen LogP contribution in [-0.2, 0) is 12.6 Å².